The van der Waals surface area contributed by atoms with Gasteiger partial charge in [-0.2, -0.15) is 5.10 Å². The molecule has 0 fully saturated rings. The van der Waals surface area contributed by atoms with E-state index in [4.69, 9.17) is 0 Å². The van der Waals surface area contributed by atoms with E-state index in [-0.39, 0.29) is 24.2 Å². The Kier molecular flexibility index (Phi) is 5.90. The van der Waals surface area contributed by atoms with Gasteiger partial charge in [-0.1, -0.05) is 44.2 Å². The highest BCUT2D eigenvalue weighted by atomic mass is 16.6. The van der Waals surface area contributed by atoms with Crippen molar-refractivity contribution in [1.29, 1.82) is 0 Å². The van der Waals surface area contributed by atoms with E-state index < -0.39 is 4.92 Å². The van der Waals surface area contributed by atoms with Crippen molar-refractivity contribution >= 4 is 11.6 Å². The molecule has 1 aromatic heterocycles. The lowest BCUT2D eigenvalue weighted by molar-refractivity contribution is -0.386. The maximum atomic E-state index is 12.5. The smallest absolute Gasteiger partial charge is 0.312 e. The summed E-state index contributed by atoms with van der Waals surface area (Å²) < 4.78 is 1.39. The lowest BCUT2D eigenvalue weighted by Gasteiger charge is -2.21. The van der Waals surface area contributed by atoms with Crippen LogP contribution in [0.3, 0.4) is 0 Å². The van der Waals surface area contributed by atoms with Crippen LogP contribution < -0.4 is 5.32 Å². The quantitative estimate of drug-likeness (QED) is 0.616. The third-order valence-electron chi connectivity index (χ3n) is 4.06. The molecule has 134 valence electrons. The van der Waals surface area contributed by atoms with Crippen molar-refractivity contribution in [3.8, 4) is 0 Å². The Morgan fingerprint density at radius 3 is 2.44 bits per heavy atom. The molecular weight excluding hydrogens is 320 g/mol. The number of carbonyl (C=O) groups is 1. The topological polar surface area (TPSA) is 90.1 Å². The number of nitrogens with zero attached hydrogens (tertiary/aromatic N) is 3. The maximum Gasteiger partial charge on any atom is 0.312 e. The van der Waals surface area contributed by atoms with E-state index >= 15 is 0 Å². The number of aromatic nitrogens is 2. The van der Waals surface area contributed by atoms with Gasteiger partial charge >= 0.3 is 5.69 Å². The van der Waals surface area contributed by atoms with Gasteiger partial charge in [0.2, 0.25) is 5.91 Å². The Bertz CT molecular complexity index is 753. The zero-order valence-corrected chi connectivity index (χ0v) is 15.0. The summed E-state index contributed by atoms with van der Waals surface area (Å²) in [7, 11) is 0. The van der Waals surface area contributed by atoms with E-state index in [1.165, 1.54) is 4.68 Å². The second-order valence-electron chi connectivity index (χ2n) is 6.59. The van der Waals surface area contributed by atoms with Gasteiger partial charge in [-0.15, -0.1) is 0 Å². The minimum atomic E-state index is -0.461. The third kappa shape index (κ3) is 4.65. The van der Waals surface area contributed by atoms with Crippen molar-refractivity contribution in [3.63, 3.8) is 0 Å². The van der Waals surface area contributed by atoms with Gasteiger partial charge in [-0.25, -0.2) is 0 Å². The van der Waals surface area contributed by atoms with Crippen LogP contribution in [-0.4, -0.2) is 20.6 Å². The molecule has 0 radical (unpaired) electrons. The van der Waals surface area contributed by atoms with Crippen LogP contribution >= 0.6 is 0 Å². The monoisotopic (exact) mass is 344 g/mol. The molecule has 1 aromatic carbocycles. The number of nitro groups is 1. The molecule has 0 saturated heterocycles. The average Bonchev–Trinajstić information content (AvgIpc) is 2.81. The van der Waals surface area contributed by atoms with Gasteiger partial charge in [-0.05, 0) is 31.7 Å². The molecule has 2 rings (SSSR count). The van der Waals surface area contributed by atoms with Crippen LogP contribution in [0, 0.1) is 29.9 Å². The number of benzene rings is 1. The fraction of sp³-hybridized carbons (Fsp3) is 0.444. The molecular formula is C18H24N4O3. The van der Waals surface area contributed by atoms with Crippen LogP contribution in [0.5, 0.6) is 0 Å². The zero-order chi connectivity index (χ0) is 18.6. The second kappa shape index (κ2) is 7.92. The molecule has 0 aliphatic heterocycles. The molecule has 0 spiro atoms. The van der Waals surface area contributed by atoms with Gasteiger partial charge in [-0.3, -0.25) is 19.6 Å². The van der Waals surface area contributed by atoms with Crippen LogP contribution in [0.25, 0.3) is 0 Å². The zero-order valence-electron chi connectivity index (χ0n) is 15.0. The summed E-state index contributed by atoms with van der Waals surface area (Å²) in [6.07, 6.45) is 0.813. The van der Waals surface area contributed by atoms with E-state index in [9.17, 15) is 14.9 Å². The highest BCUT2D eigenvalue weighted by Gasteiger charge is 2.23. The third-order valence-corrected chi connectivity index (χ3v) is 4.06. The lowest BCUT2D eigenvalue weighted by atomic mass is 9.97. The first-order chi connectivity index (χ1) is 11.8. The Hall–Kier alpha value is -2.70. The minimum Gasteiger partial charge on any atom is -0.348 e. The molecule has 1 atom stereocenters. The predicted molar refractivity (Wildman–Crippen MR) is 95.1 cm³/mol. The Balaban J connectivity index is 2.14. The largest absolute Gasteiger partial charge is 0.348 e. The van der Waals surface area contributed by atoms with Crippen molar-refractivity contribution in [2.75, 3.05) is 0 Å². The number of amides is 1. The Morgan fingerprint density at radius 2 is 1.92 bits per heavy atom. The number of aryl methyl sites for hydroxylation is 1. The summed E-state index contributed by atoms with van der Waals surface area (Å²) in [5, 5.41) is 18.2. The molecule has 0 unspecified atom stereocenters. The molecule has 1 heterocycles. The minimum absolute atomic E-state index is 0.0328. The molecule has 1 amide bonds. The van der Waals surface area contributed by atoms with Crippen molar-refractivity contribution in [1.82, 2.24) is 15.1 Å². The molecule has 2 aromatic rings. The Morgan fingerprint density at radius 1 is 1.28 bits per heavy atom. The van der Waals surface area contributed by atoms with E-state index in [0.717, 1.165) is 12.0 Å². The van der Waals surface area contributed by atoms with Gasteiger partial charge in [0.15, 0.2) is 0 Å². The summed E-state index contributed by atoms with van der Waals surface area (Å²) >= 11 is 0. The summed E-state index contributed by atoms with van der Waals surface area (Å²) in [4.78, 5) is 23.1. The van der Waals surface area contributed by atoms with Crippen LogP contribution in [0.2, 0.25) is 0 Å². The average molecular weight is 344 g/mol. The maximum absolute atomic E-state index is 12.5. The predicted octanol–water partition coefficient (Wildman–Crippen LogP) is 3.31. The molecule has 7 heteroatoms. The molecule has 0 bridgehead atoms. The van der Waals surface area contributed by atoms with Crippen molar-refractivity contribution in [2.45, 2.75) is 46.7 Å². The normalized spacial score (nSPS) is 12.2. The van der Waals surface area contributed by atoms with Crippen LogP contribution in [0.1, 0.15) is 43.3 Å². The fourth-order valence-electron chi connectivity index (χ4n) is 2.92. The first-order valence-electron chi connectivity index (χ1n) is 8.32. The molecule has 0 saturated carbocycles. The summed E-state index contributed by atoms with van der Waals surface area (Å²) in [6, 6.07) is 9.70. The van der Waals surface area contributed by atoms with Gasteiger partial charge < -0.3 is 5.32 Å². The number of carbonyl (C=O) groups excluding carboxylic acids is 1. The van der Waals surface area contributed by atoms with Gasteiger partial charge in [0, 0.05) is 0 Å². The first-order valence-corrected chi connectivity index (χ1v) is 8.32. The SMILES string of the molecule is Cc1nn(CC(=O)N[C@H](CC(C)C)c2ccccc2)c(C)c1[N+](=O)[O-]. The summed E-state index contributed by atoms with van der Waals surface area (Å²) in [5.74, 6) is 0.204. The number of hydrogen-bond donors (Lipinski definition) is 1. The van der Waals surface area contributed by atoms with Crippen LogP contribution in [0.4, 0.5) is 5.69 Å². The molecule has 1 N–H and O–H groups in total. The number of hydrogen-bond acceptors (Lipinski definition) is 4. The van der Waals surface area contributed by atoms with Crippen molar-refractivity contribution in [2.24, 2.45) is 5.92 Å². The molecule has 7 nitrogen and oxygen atoms in total. The highest BCUT2D eigenvalue weighted by Crippen LogP contribution is 2.23. The fourth-order valence-corrected chi connectivity index (χ4v) is 2.92. The second-order valence-corrected chi connectivity index (χ2v) is 6.59. The van der Waals surface area contributed by atoms with Crippen LogP contribution in [0.15, 0.2) is 30.3 Å². The van der Waals surface area contributed by atoms with Crippen molar-refractivity contribution < 1.29 is 9.72 Å². The highest BCUT2D eigenvalue weighted by molar-refractivity contribution is 5.76. The molecule has 0 aliphatic carbocycles. The number of nitrogens with one attached hydrogen (secondary N) is 1. The molecule has 0 aliphatic rings. The summed E-state index contributed by atoms with van der Waals surface area (Å²) in [5.41, 5.74) is 1.72. The standard InChI is InChI=1S/C18H24N4O3/c1-12(2)10-16(15-8-6-5-7-9-15)19-17(23)11-21-14(4)18(22(24)25)13(3)20-21/h5-9,12,16H,10-11H2,1-4H3,(H,19,23)/t16-/m1/s1. The van der Waals surface area contributed by atoms with E-state index in [1.807, 2.05) is 30.3 Å². The van der Waals surface area contributed by atoms with Crippen molar-refractivity contribution in [3.05, 3.63) is 57.4 Å². The van der Waals surface area contributed by atoms with Gasteiger partial charge in [0.25, 0.3) is 0 Å². The van der Waals surface area contributed by atoms with E-state index in [1.54, 1.807) is 13.8 Å². The van der Waals surface area contributed by atoms with Gasteiger partial charge in [0.05, 0.1) is 11.0 Å². The lowest BCUT2D eigenvalue weighted by Crippen LogP contribution is -2.32. The van der Waals surface area contributed by atoms with E-state index in [0.29, 0.717) is 17.3 Å². The first kappa shape index (κ1) is 18.6. The molecule has 25 heavy (non-hydrogen) atoms. The Labute approximate surface area is 147 Å². The van der Waals surface area contributed by atoms with E-state index in [2.05, 4.69) is 24.3 Å². The number of rotatable bonds is 7. The van der Waals surface area contributed by atoms with Crippen LogP contribution in [-0.2, 0) is 11.3 Å². The van der Waals surface area contributed by atoms with Gasteiger partial charge in [0.1, 0.15) is 17.9 Å². The summed E-state index contributed by atoms with van der Waals surface area (Å²) in [6.45, 7) is 7.35.